The lowest BCUT2D eigenvalue weighted by atomic mass is 9.96. The molecule has 0 atom stereocenters. The summed E-state index contributed by atoms with van der Waals surface area (Å²) in [5.74, 6) is 5.97. The number of benzene rings is 2. The van der Waals surface area contributed by atoms with Crippen LogP contribution in [0.25, 0.3) is 0 Å². The van der Waals surface area contributed by atoms with Gasteiger partial charge in [-0.25, -0.2) is 0 Å². The minimum Gasteiger partial charge on any atom is -0.304 e. The van der Waals surface area contributed by atoms with Crippen LogP contribution in [0.3, 0.4) is 0 Å². The fourth-order valence-corrected chi connectivity index (χ4v) is 5.08. The van der Waals surface area contributed by atoms with E-state index in [0.717, 1.165) is 61.2 Å². The summed E-state index contributed by atoms with van der Waals surface area (Å²) in [5, 5.41) is 0. The molecular formula is C34H33F3N4O. The van der Waals surface area contributed by atoms with Gasteiger partial charge in [-0.2, -0.15) is 13.2 Å². The van der Waals surface area contributed by atoms with Crippen LogP contribution in [-0.2, 0) is 19.1 Å². The van der Waals surface area contributed by atoms with Gasteiger partial charge in [-0.1, -0.05) is 36.1 Å². The summed E-state index contributed by atoms with van der Waals surface area (Å²) < 4.78 is 42.0. The number of allylic oxidation sites excluding steroid dienone is 1. The summed E-state index contributed by atoms with van der Waals surface area (Å²) in [4.78, 5) is 26.2. The van der Waals surface area contributed by atoms with E-state index in [1.807, 2.05) is 50.2 Å². The Balaban J connectivity index is 1.29. The molecule has 42 heavy (non-hydrogen) atoms. The standard InChI is InChI=1S/C34H33F3N4O/c1-23-16-32(38-20-23)31-11-7-25(21-39-31)5-9-27-19-28(8-4-24(27)2)33(42)18-26-6-10-29(30(17-26)34(35,36)37)22-41-14-12-40(3)13-15-41/h4,6-8,10-11,17,19-21H,12-16,18,22H2,1-3H3. The van der Waals surface area contributed by atoms with Crippen LogP contribution < -0.4 is 0 Å². The molecule has 0 unspecified atom stereocenters. The van der Waals surface area contributed by atoms with E-state index < -0.39 is 11.7 Å². The molecule has 3 aromatic rings. The van der Waals surface area contributed by atoms with Crippen molar-refractivity contribution in [3.63, 3.8) is 0 Å². The van der Waals surface area contributed by atoms with Crippen LogP contribution in [-0.4, -0.2) is 59.5 Å². The molecule has 0 amide bonds. The molecular weight excluding hydrogens is 537 g/mol. The molecule has 0 radical (unpaired) electrons. The van der Waals surface area contributed by atoms with Gasteiger partial charge in [0.05, 0.1) is 17.0 Å². The van der Waals surface area contributed by atoms with Gasteiger partial charge in [0.25, 0.3) is 0 Å². The van der Waals surface area contributed by atoms with Crippen molar-refractivity contribution in [1.29, 1.82) is 0 Å². The number of carbonyl (C=O) groups is 1. The predicted octanol–water partition coefficient (Wildman–Crippen LogP) is 6.08. The molecule has 0 bridgehead atoms. The first-order chi connectivity index (χ1) is 20.0. The number of nitrogens with zero attached hydrogens (tertiary/aromatic N) is 4. The lowest BCUT2D eigenvalue weighted by molar-refractivity contribution is -0.138. The maximum atomic E-state index is 14.0. The number of piperazine rings is 1. The number of ketones is 1. The van der Waals surface area contributed by atoms with E-state index >= 15 is 0 Å². The molecule has 0 spiro atoms. The number of carbonyl (C=O) groups excluding carboxylic acids is 1. The van der Waals surface area contributed by atoms with Crippen LogP contribution in [0.1, 0.15) is 62.8 Å². The Labute approximate surface area is 244 Å². The number of likely N-dealkylation sites (N-methyl/N-ethyl adjacent to an activating group) is 1. The Kier molecular flexibility index (Phi) is 8.72. The van der Waals surface area contributed by atoms with Crippen LogP contribution in [0.5, 0.6) is 0 Å². The molecule has 3 heterocycles. The number of alkyl halides is 3. The highest BCUT2D eigenvalue weighted by Gasteiger charge is 2.34. The molecule has 1 aromatic heterocycles. The third-order valence-corrected chi connectivity index (χ3v) is 7.68. The molecule has 2 aliphatic rings. The first-order valence-electron chi connectivity index (χ1n) is 14.0. The van der Waals surface area contributed by atoms with Crippen molar-refractivity contribution in [1.82, 2.24) is 14.8 Å². The Morgan fingerprint density at radius 3 is 2.43 bits per heavy atom. The summed E-state index contributed by atoms with van der Waals surface area (Å²) >= 11 is 0. The highest BCUT2D eigenvalue weighted by Crippen LogP contribution is 2.34. The zero-order chi connectivity index (χ0) is 29.9. The molecule has 5 rings (SSSR count). The van der Waals surface area contributed by atoms with Gasteiger partial charge in [-0.3, -0.25) is 19.7 Å². The largest absolute Gasteiger partial charge is 0.416 e. The molecule has 5 nitrogen and oxygen atoms in total. The van der Waals surface area contributed by atoms with Gasteiger partial charge in [0.1, 0.15) is 0 Å². The van der Waals surface area contributed by atoms with E-state index in [0.29, 0.717) is 16.7 Å². The zero-order valence-corrected chi connectivity index (χ0v) is 24.1. The smallest absolute Gasteiger partial charge is 0.304 e. The van der Waals surface area contributed by atoms with Gasteiger partial charge in [-0.05, 0) is 67.4 Å². The van der Waals surface area contributed by atoms with Crippen molar-refractivity contribution in [2.24, 2.45) is 4.99 Å². The van der Waals surface area contributed by atoms with Crippen LogP contribution in [0.4, 0.5) is 13.2 Å². The maximum Gasteiger partial charge on any atom is 0.416 e. The van der Waals surface area contributed by atoms with Crippen molar-refractivity contribution in [3.05, 3.63) is 111 Å². The highest BCUT2D eigenvalue weighted by atomic mass is 19.4. The summed E-state index contributed by atoms with van der Waals surface area (Å²) in [7, 11) is 2.01. The first-order valence-corrected chi connectivity index (χ1v) is 14.0. The van der Waals surface area contributed by atoms with Gasteiger partial charge in [0.2, 0.25) is 0 Å². The van der Waals surface area contributed by atoms with Crippen LogP contribution in [0.15, 0.2) is 71.5 Å². The van der Waals surface area contributed by atoms with E-state index in [4.69, 9.17) is 0 Å². The number of Topliss-reactive ketones (excluding diaryl/α,β-unsaturated/α-hetero) is 1. The quantitative estimate of drug-likeness (QED) is 0.266. The highest BCUT2D eigenvalue weighted by molar-refractivity contribution is 6.02. The lowest BCUT2D eigenvalue weighted by Crippen LogP contribution is -2.44. The van der Waals surface area contributed by atoms with E-state index in [2.05, 4.69) is 26.7 Å². The van der Waals surface area contributed by atoms with Crippen LogP contribution in [0.2, 0.25) is 0 Å². The fraction of sp³-hybridized carbons (Fsp3) is 0.324. The number of pyridine rings is 1. The van der Waals surface area contributed by atoms with Gasteiger partial charge in [-0.15, -0.1) is 0 Å². The van der Waals surface area contributed by atoms with E-state index in [1.165, 1.54) is 11.6 Å². The second kappa shape index (κ2) is 12.4. The average molecular weight is 571 g/mol. The van der Waals surface area contributed by atoms with Gasteiger partial charge < -0.3 is 4.90 Å². The number of aryl methyl sites for hydroxylation is 1. The number of halogens is 3. The van der Waals surface area contributed by atoms with Crippen molar-refractivity contribution in [3.8, 4) is 11.8 Å². The summed E-state index contributed by atoms with van der Waals surface area (Å²) in [6.45, 7) is 7.27. The minimum absolute atomic E-state index is 0.128. The normalized spacial score (nSPS) is 16.0. The Morgan fingerprint density at radius 1 is 0.976 bits per heavy atom. The van der Waals surface area contributed by atoms with Gasteiger partial charge in [0, 0.05) is 74.7 Å². The van der Waals surface area contributed by atoms with Gasteiger partial charge >= 0.3 is 6.18 Å². The molecule has 1 saturated heterocycles. The SMILES string of the molecule is CC1=CN=C(c2ccc(C#Cc3cc(C(=O)Cc4ccc(CN5CCN(C)CC5)c(C(F)(F)F)c4)ccc3C)cn2)C1. The molecule has 2 aliphatic heterocycles. The van der Waals surface area contributed by atoms with Crippen molar-refractivity contribution < 1.29 is 18.0 Å². The Bertz CT molecular complexity index is 1600. The topological polar surface area (TPSA) is 48.8 Å². The van der Waals surface area contributed by atoms with Crippen molar-refractivity contribution >= 4 is 11.5 Å². The number of hydrogen-bond acceptors (Lipinski definition) is 5. The van der Waals surface area contributed by atoms with Crippen LogP contribution >= 0.6 is 0 Å². The second-order valence-corrected chi connectivity index (χ2v) is 11.1. The lowest BCUT2D eigenvalue weighted by Gasteiger charge is -2.33. The van der Waals surface area contributed by atoms with Gasteiger partial charge in [0.15, 0.2) is 5.78 Å². The zero-order valence-electron chi connectivity index (χ0n) is 24.1. The average Bonchev–Trinajstić information content (AvgIpc) is 3.40. The summed E-state index contributed by atoms with van der Waals surface area (Å²) in [6.07, 6.45) is -0.287. The minimum atomic E-state index is -4.50. The van der Waals surface area contributed by atoms with Crippen molar-refractivity contribution in [2.75, 3.05) is 33.2 Å². The number of hydrogen-bond donors (Lipinski definition) is 0. The number of aliphatic imine (C=N–C) groups is 1. The Hall–Kier alpha value is -4.06. The summed E-state index contributed by atoms with van der Waals surface area (Å²) in [5.41, 5.74) is 5.58. The van der Waals surface area contributed by atoms with E-state index in [9.17, 15) is 18.0 Å². The molecule has 216 valence electrons. The molecule has 0 saturated carbocycles. The number of aromatic nitrogens is 1. The molecule has 1 fully saturated rings. The van der Waals surface area contributed by atoms with E-state index in [-0.39, 0.29) is 24.3 Å². The van der Waals surface area contributed by atoms with Crippen LogP contribution in [0, 0.1) is 18.8 Å². The Morgan fingerprint density at radius 2 is 1.76 bits per heavy atom. The van der Waals surface area contributed by atoms with E-state index in [1.54, 1.807) is 24.4 Å². The molecule has 8 heteroatoms. The predicted molar refractivity (Wildman–Crippen MR) is 159 cm³/mol. The third-order valence-electron chi connectivity index (χ3n) is 7.68. The number of rotatable bonds is 6. The van der Waals surface area contributed by atoms with Crippen molar-refractivity contribution in [2.45, 2.75) is 39.4 Å². The molecule has 2 aromatic carbocycles. The molecule has 0 aliphatic carbocycles. The third kappa shape index (κ3) is 7.22. The summed E-state index contributed by atoms with van der Waals surface area (Å²) in [6, 6.07) is 13.3. The maximum absolute atomic E-state index is 14.0. The first kappa shape index (κ1) is 29.4. The molecule has 0 N–H and O–H groups in total. The monoisotopic (exact) mass is 570 g/mol. The second-order valence-electron chi connectivity index (χ2n) is 11.1. The fourth-order valence-electron chi connectivity index (χ4n) is 5.08.